The molecule has 138 valence electrons. The number of benzene rings is 1. The van der Waals surface area contributed by atoms with E-state index in [0.717, 1.165) is 44.7 Å². The zero-order valence-electron chi connectivity index (χ0n) is 15.3. The van der Waals surface area contributed by atoms with Gasteiger partial charge in [-0.15, -0.1) is 35.3 Å². The minimum absolute atomic E-state index is 0. The highest BCUT2D eigenvalue weighted by atomic mass is 127. The molecule has 0 saturated heterocycles. The van der Waals surface area contributed by atoms with Crippen molar-refractivity contribution in [3.05, 3.63) is 51.5 Å². The van der Waals surface area contributed by atoms with Crippen LogP contribution in [0.2, 0.25) is 0 Å². The van der Waals surface area contributed by atoms with Gasteiger partial charge in [-0.25, -0.2) is 4.98 Å². The van der Waals surface area contributed by atoms with Crippen LogP contribution in [-0.2, 0) is 19.3 Å². The molecule has 0 aliphatic heterocycles. The first-order valence-corrected chi connectivity index (χ1v) is 9.48. The number of nitrogens with one attached hydrogen (secondary N) is 2. The highest BCUT2D eigenvalue weighted by Gasteiger charge is 2.06. The van der Waals surface area contributed by atoms with E-state index < -0.39 is 0 Å². The lowest BCUT2D eigenvalue weighted by molar-refractivity contribution is 0.738. The molecule has 0 bridgehead atoms. The van der Waals surface area contributed by atoms with E-state index in [2.05, 4.69) is 64.8 Å². The van der Waals surface area contributed by atoms with Gasteiger partial charge in [0.05, 0.1) is 10.7 Å². The van der Waals surface area contributed by atoms with Gasteiger partial charge in [-0.1, -0.05) is 37.3 Å². The Bertz CT molecular complexity index is 640. The topological polar surface area (TPSA) is 49.3 Å². The number of hydrogen-bond acceptors (Lipinski definition) is 3. The number of nitrogens with zero attached hydrogens (tertiary/aromatic N) is 2. The molecule has 2 rings (SSSR count). The maximum Gasteiger partial charge on any atom is 0.190 e. The van der Waals surface area contributed by atoms with Crippen molar-refractivity contribution in [2.45, 2.75) is 39.5 Å². The monoisotopic (exact) mass is 472 g/mol. The summed E-state index contributed by atoms with van der Waals surface area (Å²) >= 11 is 1.81. The standard InChI is InChI=1S/C19H28N4S.HI/c1-4-17-15(2)24-18(23-17)12-14-22-19(20-3)21-13-8-11-16-9-6-5-7-10-16;/h5-7,9-10H,4,8,11-14H2,1-3H3,(H2,20,21,22);1H. The average Bonchev–Trinajstić information content (AvgIpc) is 2.97. The van der Waals surface area contributed by atoms with E-state index in [-0.39, 0.29) is 24.0 Å². The van der Waals surface area contributed by atoms with Crippen LogP contribution in [-0.4, -0.2) is 31.1 Å². The highest BCUT2D eigenvalue weighted by molar-refractivity contribution is 14.0. The van der Waals surface area contributed by atoms with Crippen LogP contribution in [0.1, 0.15) is 34.5 Å². The van der Waals surface area contributed by atoms with Crippen molar-refractivity contribution in [1.29, 1.82) is 0 Å². The fourth-order valence-electron chi connectivity index (χ4n) is 2.58. The predicted molar refractivity (Wildman–Crippen MR) is 119 cm³/mol. The SMILES string of the molecule is CCc1nc(CCNC(=NC)NCCCc2ccccc2)sc1C.I. The van der Waals surface area contributed by atoms with Gasteiger partial charge in [0.1, 0.15) is 0 Å². The summed E-state index contributed by atoms with van der Waals surface area (Å²) in [5.41, 5.74) is 2.62. The van der Waals surface area contributed by atoms with Gasteiger partial charge in [-0.3, -0.25) is 4.99 Å². The van der Waals surface area contributed by atoms with Crippen molar-refractivity contribution in [2.75, 3.05) is 20.1 Å². The number of aryl methyl sites for hydroxylation is 3. The van der Waals surface area contributed by atoms with Gasteiger partial charge in [-0.05, 0) is 31.7 Å². The number of halogens is 1. The first-order chi connectivity index (χ1) is 11.7. The molecule has 25 heavy (non-hydrogen) atoms. The van der Waals surface area contributed by atoms with Crippen LogP contribution < -0.4 is 10.6 Å². The molecule has 0 aliphatic rings. The van der Waals surface area contributed by atoms with Gasteiger partial charge < -0.3 is 10.6 Å². The zero-order valence-corrected chi connectivity index (χ0v) is 18.5. The minimum Gasteiger partial charge on any atom is -0.356 e. The number of guanidine groups is 1. The molecule has 2 N–H and O–H groups in total. The molecule has 1 aromatic heterocycles. The third-order valence-corrected chi connectivity index (χ3v) is 4.98. The molecule has 0 atom stereocenters. The maximum absolute atomic E-state index is 4.68. The number of aromatic nitrogens is 1. The fraction of sp³-hybridized carbons (Fsp3) is 0.474. The smallest absolute Gasteiger partial charge is 0.190 e. The van der Waals surface area contributed by atoms with Gasteiger partial charge in [0, 0.05) is 31.4 Å². The van der Waals surface area contributed by atoms with Crippen molar-refractivity contribution < 1.29 is 0 Å². The van der Waals surface area contributed by atoms with Gasteiger partial charge in [-0.2, -0.15) is 0 Å². The van der Waals surface area contributed by atoms with Crippen molar-refractivity contribution in [3.8, 4) is 0 Å². The summed E-state index contributed by atoms with van der Waals surface area (Å²) in [6, 6.07) is 10.6. The second kappa shape index (κ2) is 12.2. The fourth-order valence-corrected chi connectivity index (χ4v) is 3.60. The van der Waals surface area contributed by atoms with Crippen LogP contribution >= 0.6 is 35.3 Å². The Balaban J connectivity index is 0.00000312. The Hall–Kier alpha value is -1.15. The van der Waals surface area contributed by atoms with Crippen LogP contribution in [0, 0.1) is 6.92 Å². The molecule has 4 nitrogen and oxygen atoms in total. The summed E-state index contributed by atoms with van der Waals surface area (Å²) in [4.78, 5) is 10.3. The molecule has 0 unspecified atom stereocenters. The maximum atomic E-state index is 4.68. The van der Waals surface area contributed by atoms with Crippen LogP contribution in [0.15, 0.2) is 35.3 Å². The van der Waals surface area contributed by atoms with Crippen molar-refractivity contribution in [3.63, 3.8) is 0 Å². The molecule has 0 radical (unpaired) electrons. The lowest BCUT2D eigenvalue weighted by Crippen LogP contribution is -2.38. The Labute approximate surface area is 172 Å². The van der Waals surface area contributed by atoms with Gasteiger partial charge in [0.2, 0.25) is 0 Å². The third-order valence-electron chi connectivity index (χ3n) is 3.90. The van der Waals surface area contributed by atoms with Crippen LogP contribution in [0.3, 0.4) is 0 Å². The zero-order chi connectivity index (χ0) is 17.2. The van der Waals surface area contributed by atoms with Crippen molar-refractivity contribution in [2.24, 2.45) is 4.99 Å². The molecule has 1 aromatic carbocycles. The third kappa shape index (κ3) is 7.73. The summed E-state index contributed by atoms with van der Waals surface area (Å²) in [6.45, 7) is 6.09. The van der Waals surface area contributed by atoms with E-state index in [4.69, 9.17) is 0 Å². The predicted octanol–water partition coefficient (Wildman–Crippen LogP) is 3.97. The summed E-state index contributed by atoms with van der Waals surface area (Å²) in [5, 5.41) is 7.95. The minimum atomic E-state index is 0. The molecule has 2 aromatic rings. The Morgan fingerprint density at radius 3 is 2.48 bits per heavy atom. The number of thiazole rings is 1. The molecule has 0 spiro atoms. The molecule has 6 heteroatoms. The lowest BCUT2D eigenvalue weighted by atomic mass is 10.1. The van der Waals surface area contributed by atoms with Crippen LogP contribution in [0.4, 0.5) is 0 Å². The number of hydrogen-bond donors (Lipinski definition) is 2. The molecular weight excluding hydrogens is 443 g/mol. The van der Waals surface area contributed by atoms with E-state index in [1.165, 1.54) is 21.1 Å². The molecular formula is C19H29IN4S. The highest BCUT2D eigenvalue weighted by Crippen LogP contribution is 2.17. The van der Waals surface area contributed by atoms with Gasteiger partial charge in [0.15, 0.2) is 5.96 Å². The van der Waals surface area contributed by atoms with E-state index in [1.54, 1.807) is 11.3 Å². The largest absolute Gasteiger partial charge is 0.356 e. The second-order valence-corrected chi connectivity index (χ2v) is 7.02. The Morgan fingerprint density at radius 2 is 1.84 bits per heavy atom. The van der Waals surface area contributed by atoms with Crippen LogP contribution in [0.25, 0.3) is 0 Å². The van der Waals surface area contributed by atoms with E-state index in [9.17, 15) is 0 Å². The number of aliphatic imine (C=N–C) groups is 1. The first-order valence-electron chi connectivity index (χ1n) is 8.66. The molecule has 0 amide bonds. The van der Waals surface area contributed by atoms with E-state index in [1.807, 2.05) is 7.05 Å². The van der Waals surface area contributed by atoms with E-state index >= 15 is 0 Å². The van der Waals surface area contributed by atoms with Crippen molar-refractivity contribution >= 4 is 41.3 Å². The normalized spacial score (nSPS) is 11.1. The number of rotatable bonds is 8. The van der Waals surface area contributed by atoms with E-state index in [0.29, 0.717) is 0 Å². The van der Waals surface area contributed by atoms with Gasteiger partial charge >= 0.3 is 0 Å². The Morgan fingerprint density at radius 1 is 1.12 bits per heavy atom. The lowest BCUT2D eigenvalue weighted by Gasteiger charge is -2.11. The molecule has 0 fully saturated rings. The molecule has 0 aliphatic carbocycles. The summed E-state index contributed by atoms with van der Waals surface area (Å²) in [5.74, 6) is 0.868. The molecule has 0 saturated carbocycles. The molecule has 1 heterocycles. The Kier molecular flexibility index (Phi) is 10.7. The van der Waals surface area contributed by atoms with Gasteiger partial charge in [0.25, 0.3) is 0 Å². The quantitative estimate of drug-likeness (QED) is 0.265. The summed E-state index contributed by atoms with van der Waals surface area (Å²) in [6.07, 6.45) is 4.13. The second-order valence-electron chi connectivity index (χ2n) is 5.73. The van der Waals surface area contributed by atoms with Crippen LogP contribution in [0.5, 0.6) is 0 Å². The summed E-state index contributed by atoms with van der Waals surface area (Å²) in [7, 11) is 1.81. The first kappa shape index (κ1) is 21.9. The average molecular weight is 472 g/mol. The summed E-state index contributed by atoms with van der Waals surface area (Å²) < 4.78 is 0. The van der Waals surface area contributed by atoms with Crippen molar-refractivity contribution in [1.82, 2.24) is 15.6 Å².